The fourth-order valence-electron chi connectivity index (χ4n) is 4.35. The average molecular weight is 293 g/mol. The first-order valence-electron chi connectivity index (χ1n) is 8.71. The summed E-state index contributed by atoms with van der Waals surface area (Å²) in [6.45, 7) is 7.28. The fourth-order valence-corrected chi connectivity index (χ4v) is 4.35. The molecule has 0 spiro atoms. The molecular formula is C18H31NO2. The molecular weight excluding hydrogens is 262 g/mol. The van der Waals surface area contributed by atoms with Crippen molar-refractivity contribution in [2.45, 2.75) is 83.8 Å². The van der Waals surface area contributed by atoms with Gasteiger partial charge in [-0.1, -0.05) is 27.2 Å². The Morgan fingerprint density at radius 3 is 2.48 bits per heavy atom. The van der Waals surface area contributed by atoms with Crippen LogP contribution in [0.15, 0.2) is 0 Å². The van der Waals surface area contributed by atoms with Crippen LogP contribution in [0, 0.1) is 28.6 Å². The number of nitriles is 1. The molecule has 0 aromatic carbocycles. The number of rotatable bonds is 4. The molecule has 1 heterocycles. The second-order valence-corrected chi connectivity index (χ2v) is 7.54. The van der Waals surface area contributed by atoms with Gasteiger partial charge in [0, 0.05) is 19.4 Å². The zero-order valence-electron chi connectivity index (χ0n) is 13.9. The Bertz CT molecular complexity index is 377. The SMILES string of the molecule is CCCC1CC(O)(C2(C#N)CCC(C(C)C)CC2)CCO1. The van der Waals surface area contributed by atoms with Crippen LogP contribution in [0.25, 0.3) is 0 Å². The van der Waals surface area contributed by atoms with Gasteiger partial charge in [0.1, 0.15) is 0 Å². The van der Waals surface area contributed by atoms with Gasteiger partial charge in [-0.15, -0.1) is 0 Å². The maximum absolute atomic E-state index is 11.3. The zero-order chi connectivity index (χ0) is 15.5. The Morgan fingerprint density at radius 2 is 1.95 bits per heavy atom. The minimum atomic E-state index is -0.845. The normalized spacial score (nSPS) is 41.0. The molecule has 0 aromatic heterocycles. The smallest absolute Gasteiger partial charge is 0.0879 e. The van der Waals surface area contributed by atoms with Crippen LogP contribution in [0.1, 0.15) is 72.1 Å². The highest BCUT2D eigenvalue weighted by Gasteiger charge is 2.54. The minimum absolute atomic E-state index is 0.127. The second-order valence-electron chi connectivity index (χ2n) is 7.54. The lowest BCUT2D eigenvalue weighted by atomic mass is 9.58. The summed E-state index contributed by atoms with van der Waals surface area (Å²) in [4.78, 5) is 0. The first-order valence-corrected chi connectivity index (χ1v) is 8.71. The van der Waals surface area contributed by atoms with Crippen molar-refractivity contribution in [2.24, 2.45) is 17.3 Å². The Balaban J connectivity index is 2.11. The molecule has 2 unspecified atom stereocenters. The topological polar surface area (TPSA) is 53.2 Å². The molecule has 1 N–H and O–H groups in total. The summed E-state index contributed by atoms with van der Waals surface area (Å²) in [6, 6.07) is 2.54. The summed E-state index contributed by atoms with van der Waals surface area (Å²) in [7, 11) is 0. The summed E-state index contributed by atoms with van der Waals surface area (Å²) in [5.41, 5.74) is -1.39. The maximum Gasteiger partial charge on any atom is 0.0879 e. The van der Waals surface area contributed by atoms with E-state index >= 15 is 0 Å². The number of hydrogen-bond acceptors (Lipinski definition) is 3. The Hall–Kier alpha value is -0.590. The molecule has 3 heteroatoms. The molecule has 2 rings (SSSR count). The monoisotopic (exact) mass is 293 g/mol. The number of ether oxygens (including phenoxy) is 1. The van der Waals surface area contributed by atoms with E-state index in [1.165, 1.54) is 0 Å². The van der Waals surface area contributed by atoms with Crippen molar-refractivity contribution in [3.8, 4) is 6.07 Å². The summed E-state index contributed by atoms with van der Waals surface area (Å²) in [5, 5.41) is 21.1. The fraction of sp³-hybridized carbons (Fsp3) is 0.944. The molecule has 2 fully saturated rings. The van der Waals surface area contributed by atoms with E-state index in [-0.39, 0.29) is 6.10 Å². The van der Waals surface area contributed by atoms with Gasteiger partial charge in [0.25, 0.3) is 0 Å². The van der Waals surface area contributed by atoms with Gasteiger partial charge in [-0.25, -0.2) is 0 Å². The number of nitrogens with zero attached hydrogens (tertiary/aromatic N) is 1. The minimum Gasteiger partial charge on any atom is -0.388 e. The predicted molar refractivity (Wildman–Crippen MR) is 83.7 cm³/mol. The molecule has 0 aromatic rings. The number of hydrogen-bond donors (Lipinski definition) is 1. The molecule has 1 saturated heterocycles. The van der Waals surface area contributed by atoms with Crippen LogP contribution < -0.4 is 0 Å². The van der Waals surface area contributed by atoms with Crippen LogP contribution in [-0.4, -0.2) is 23.4 Å². The Morgan fingerprint density at radius 1 is 1.29 bits per heavy atom. The van der Waals surface area contributed by atoms with Crippen molar-refractivity contribution in [3.63, 3.8) is 0 Å². The van der Waals surface area contributed by atoms with Gasteiger partial charge in [-0.2, -0.15) is 5.26 Å². The highest BCUT2D eigenvalue weighted by atomic mass is 16.5. The summed E-state index contributed by atoms with van der Waals surface area (Å²) < 4.78 is 5.78. The Labute approximate surface area is 129 Å². The largest absolute Gasteiger partial charge is 0.388 e. The van der Waals surface area contributed by atoms with Gasteiger partial charge in [0.05, 0.1) is 23.2 Å². The third-order valence-corrected chi connectivity index (χ3v) is 5.98. The van der Waals surface area contributed by atoms with Gasteiger partial charge in [0.15, 0.2) is 0 Å². The van der Waals surface area contributed by atoms with Crippen LogP contribution in [0.3, 0.4) is 0 Å². The standard InChI is InChI=1S/C18H31NO2/c1-4-5-16-12-18(20,10-11-21-16)17(13-19)8-6-15(7-9-17)14(2)3/h14-16,20H,4-12H2,1-3H3. The van der Waals surface area contributed by atoms with Crippen molar-refractivity contribution >= 4 is 0 Å². The summed E-state index contributed by atoms with van der Waals surface area (Å²) in [6.07, 6.45) is 7.28. The van der Waals surface area contributed by atoms with Crippen LogP contribution >= 0.6 is 0 Å². The quantitative estimate of drug-likeness (QED) is 0.850. The highest BCUT2D eigenvalue weighted by molar-refractivity contribution is 5.14. The van der Waals surface area contributed by atoms with Crippen molar-refractivity contribution in [1.82, 2.24) is 0 Å². The van der Waals surface area contributed by atoms with E-state index in [4.69, 9.17) is 4.74 Å². The molecule has 3 nitrogen and oxygen atoms in total. The van der Waals surface area contributed by atoms with Crippen molar-refractivity contribution in [3.05, 3.63) is 0 Å². The van der Waals surface area contributed by atoms with Gasteiger partial charge in [0.2, 0.25) is 0 Å². The average Bonchev–Trinajstić information content (AvgIpc) is 2.47. The lowest BCUT2D eigenvalue weighted by Gasteiger charge is -2.50. The third kappa shape index (κ3) is 3.27. The third-order valence-electron chi connectivity index (χ3n) is 5.98. The first kappa shape index (κ1) is 16.8. The van der Waals surface area contributed by atoms with Gasteiger partial charge < -0.3 is 9.84 Å². The van der Waals surface area contributed by atoms with Gasteiger partial charge in [-0.05, 0) is 43.9 Å². The summed E-state index contributed by atoms with van der Waals surface area (Å²) in [5.74, 6) is 1.39. The molecule has 120 valence electrons. The zero-order valence-corrected chi connectivity index (χ0v) is 13.9. The molecule has 1 aliphatic carbocycles. The lowest BCUT2D eigenvalue weighted by Crippen LogP contribution is -2.54. The van der Waals surface area contributed by atoms with Crippen LogP contribution in [0.5, 0.6) is 0 Å². The molecule has 1 aliphatic heterocycles. The van der Waals surface area contributed by atoms with E-state index in [1.54, 1.807) is 0 Å². The van der Waals surface area contributed by atoms with Crippen LogP contribution in [-0.2, 0) is 4.74 Å². The molecule has 2 aliphatic rings. The van der Waals surface area contributed by atoms with E-state index in [1.807, 2.05) is 0 Å². The van der Waals surface area contributed by atoms with Gasteiger partial charge >= 0.3 is 0 Å². The van der Waals surface area contributed by atoms with Crippen LogP contribution in [0.4, 0.5) is 0 Å². The molecule has 2 atom stereocenters. The van der Waals surface area contributed by atoms with Crippen molar-refractivity contribution < 1.29 is 9.84 Å². The highest BCUT2D eigenvalue weighted by Crippen LogP contribution is 2.52. The molecule has 21 heavy (non-hydrogen) atoms. The first-order chi connectivity index (χ1) is 9.96. The second kappa shape index (κ2) is 6.67. The summed E-state index contributed by atoms with van der Waals surface area (Å²) >= 11 is 0. The van der Waals surface area contributed by atoms with Crippen molar-refractivity contribution in [1.29, 1.82) is 5.26 Å². The van der Waals surface area contributed by atoms with E-state index in [9.17, 15) is 10.4 Å². The van der Waals surface area contributed by atoms with E-state index in [2.05, 4.69) is 26.8 Å². The predicted octanol–water partition coefficient (Wildman–Crippen LogP) is 4.05. The Kier molecular flexibility index (Phi) is 5.33. The van der Waals surface area contributed by atoms with E-state index < -0.39 is 11.0 Å². The molecule has 0 radical (unpaired) electrons. The molecule has 0 bridgehead atoms. The maximum atomic E-state index is 11.3. The van der Waals surface area contributed by atoms with Crippen LogP contribution in [0.2, 0.25) is 0 Å². The van der Waals surface area contributed by atoms with Gasteiger partial charge in [-0.3, -0.25) is 0 Å². The molecule has 0 amide bonds. The number of aliphatic hydroxyl groups is 1. The van der Waals surface area contributed by atoms with E-state index in [0.717, 1.165) is 38.5 Å². The van der Waals surface area contributed by atoms with E-state index in [0.29, 0.717) is 31.3 Å². The lowest BCUT2D eigenvalue weighted by molar-refractivity contribution is -0.164. The molecule has 1 saturated carbocycles. The van der Waals surface area contributed by atoms with Crippen molar-refractivity contribution in [2.75, 3.05) is 6.61 Å².